The highest BCUT2D eigenvalue weighted by Crippen LogP contribution is 2.34. The van der Waals surface area contributed by atoms with Gasteiger partial charge in [-0.1, -0.05) is 6.07 Å². The van der Waals surface area contributed by atoms with Gasteiger partial charge < -0.3 is 38.7 Å². The van der Waals surface area contributed by atoms with Crippen molar-refractivity contribution >= 4 is 28.8 Å². The molecule has 192 valence electrons. The van der Waals surface area contributed by atoms with Crippen molar-refractivity contribution < 1.29 is 43.2 Å². The van der Waals surface area contributed by atoms with Crippen LogP contribution in [0, 0.1) is 0 Å². The standard InChI is InChI=1S/C24H32N2O9/c1-13(27)31-12-19-21(30)22(32-14(2)28)23(33-15(3)29)24(35-19)34-18-8-6-7-17-20(18)16(11-25-17)9-10-26(4)5/h6-8,11,19,21-25,30H,9-10,12H2,1-5H3. The molecule has 1 fully saturated rings. The fraction of sp³-hybridized carbons (Fsp3) is 0.542. The first kappa shape index (κ1) is 26.5. The highest BCUT2D eigenvalue weighted by atomic mass is 16.7. The van der Waals surface area contributed by atoms with Gasteiger partial charge in [-0.25, -0.2) is 0 Å². The Morgan fingerprint density at radius 1 is 1.06 bits per heavy atom. The number of nitrogens with zero attached hydrogens (tertiary/aromatic N) is 1. The van der Waals surface area contributed by atoms with Gasteiger partial charge >= 0.3 is 17.9 Å². The van der Waals surface area contributed by atoms with Gasteiger partial charge in [0.05, 0.1) is 0 Å². The number of hydrogen-bond acceptors (Lipinski definition) is 10. The van der Waals surface area contributed by atoms with E-state index in [9.17, 15) is 19.5 Å². The maximum absolute atomic E-state index is 11.9. The van der Waals surface area contributed by atoms with Crippen LogP contribution in [0.15, 0.2) is 24.4 Å². The SMILES string of the molecule is CC(=O)OCC1OC(Oc2cccc3[nH]cc(CCN(C)C)c23)C(OC(C)=O)C(OC(C)=O)C1O. The van der Waals surface area contributed by atoms with Crippen LogP contribution in [0.1, 0.15) is 26.3 Å². The van der Waals surface area contributed by atoms with Crippen molar-refractivity contribution in [3.63, 3.8) is 0 Å². The van der Waals surface area contributed by atoms with Gasteiger partial charge in [0.2, 0.25) is 12.4 Å². The summed E-state index contributed by atoms with van der Waals surface area (Å²) in [4.78, 5) is 40.3. The maximum Gasteiger partial charge on any atom is 0.303 e. The van der Waals surface area contributed by atoms with Gasteiger partial charge in [-0.3, -0.25) is 14.4 Å². The minimum atomic E-state index is -1.44. The molecular formula is C24H32N2O9. The number of aliphatic hydroxyl groups excluding tert-OH is 1. The molecule has 0 radical (unpaired) electrons. The molecule has 1 saturated heterocycles. The van der Waals surface area contributed by atoms with E-state index in [0.29, 0.717) is 5.75 Å². The van der Waals surface area contributed by atoms with Crippen molar-refractivity contribution in [3.05, 3.63) is 30.0 Å². The van der Waals surface area contributed by atoms with Crippen LogP contribution in [0.4, 0.5) is 0 Å². The first-order valence-electron chi connectivity index (χ1n) is 11.3. The highest BCUT2D eigenvalue weighted by molar-refractivity contribution is 5.89. The lowest BCUT2D eigenvalue weighted by molar-refractivity contribution is -0.285. The largest absolute Gasteiger partial charge is 0.463 e. The van der Waals surface area contributed by atoms with E-state index in [2.05, 4.69) is 9.88 Å². The smallest absolute Gasteiger partial charge is 0.303 e. The summed E-state index contributed by atoms with van der Waals surface area (Å²) in [5, 5.41) is 11.6. The lowest BCUT2D eigenvalue weighted by Crippen LogP contribution is -2.62. The molecule has 2 N–H and O–H groups in total. The number of rotatable bonds is 9. The van der Waals surface area contributed by atoms with Gasteiger partial charge in [0.25, 0.3) is 0 Å². The van der Waals surface area contributed by atoms with Crippen molar-refractivity contribution in [2.24, 2.45) is 0 Å². The normalized spacial score (nSPS) is 24.3. The molecule has 5 unspecified atom stereocenters. The number of esters is 3. The van der Waals surface area contributed by atoms with Crippen LogP contribution >= 0.6 is 0 Å². The summed E-state index contributed by atoms with van der Waals surface area (Å²) in [5.74, 6) is -1.51. The summed E-state index contributed by atoms with van der Waals surface area (Å²) in [6.07, 6.45) is -3.75. The predicted molar refractivity (Wildman–Crippen MR) is 124 cm³/mol. The number of likely N-dealkylation sites (N-methyl/N-ethyl adjacent to an activating group) is 1. The van der Waals surface area contributed by atoms with Crippen LogP contribution in [0.5, 0.6) is 5.75 Å². The molecule has 3 rings (SSSR count). The summed E-state index contributed by atoms with van der Waals surface area (Å²) in [6, 6.07) is 5.44. The van der Waals surface area contributed by atoms with Gasteiger partial charge in [0.1, 0.15) is 24.6 Å². The minimum Gasteiger partial charge on any atom is -0.463 e. The number of fused-ring (bicyclic) bond motifs is 1. The lowest BCUT2D eigenvalue weighted by Gasteiger charge is -2.42. The summed E-state index contributed by atoms with van der Waals surface area (Å²) in [6.45, 7) is 4.06. The third-order valence-corrected chi connectivity index (χ3v) is 5.49. The van der Waals surface area contributed by atoms with Crippen LogP contribution in [-0.4, -0.2) is 90.9 Å². The van der Waals surface area contributed by atoms with Crippen molar-refractivity contribution in [2.45, 2.75) is 57.9 Å². The number of H-pyrrole nitrogens is 1. The van der Waals surface area contributed by atoms with Gasteiger partial charge in [0, 0.05) is 44.4 Å². The topological polar surface area (TPSA) is 137 Å². The number of nitrogens with one attached hydrogen (secondary N) is 1. The molecule has 1 aliphatic heterocycles. The molecule has 0 bridgehead atoms. The predicted octanol–water partition coefficient (Wildman–Crippen LogP) is 1.16. The Morgan fingerprint density at radius 2 is 1.74 bits per heavy atom. The number of hydrogen-bond donors (Lipinski definition) is 2. The molecule has 0 aliphatic carbocycles. The van der Waals surface area contributed by atoms with Crippen LogP contribution in [0.25, 0.3) is 10.9 Å². The molecule has 11 heteroatoms. The Balaban J connectivity index is 1.98. The van der Waals surface area contributed by atoms with E-state index < -0.39 is 48.6 Å². The second kappa shape index (κ2) is 11.5. The molecule has 1 aromatic carbocycles. The van der Waals surface area contributed by atoms with Crippen LogP contribution in [0.3, 0.4) is 0 Å². The minimum absolute atomic E-state index is 0.316. The van der Waals surface area contributed by atoms with Gasteiger partial charge in [-0.05, 0) is 38.2 Å². The Bertz CT molecular complexity index is 1050. The summed E-state index contributed by atoms with van der Waals surface area (Å²) in [5.41, 5.74) is 1.85. The number of benzene rings is 1. The molecule has 0 spiro atoms. The third-order valence-electron chi connectivity index (χ3n) is 5.49. The Labute approximate surface area is 203 Å². The fourth-order valence-electron chi connectivity index (χ4n) is 3.95. The van der Waals surface area contributed by atoms with Crippen molar-refractivity contribution in [1.82, 2.24) is 9.88 Å². The molecule has 5 atom stereocenters. The number of ether oxygens (including phenoxy) is 5. The first-order valence-corrected chi connectivity index (χ1v) is 11.3. The van der Waals surface area contributed by atoms with Gasteiger partial charge in [0.15, 0.2) is 6.10 Å². The summed E-state index contributed by atoms with van der Waals surface area (Å²) >= 11 is 0. The van der Waals surface area contributed by atoms with E-state index in [0.717, 1.165) is 29.4 Å². The van der Waals surface area contributed by atoms with E-state index in [1.165, 1.54) is 20.8 Å². The van der Waals surface area contributed by atoms with E-state index >= 15 is 0 Å². The van der Waals surface area contributed by atoms with Crippen molar-refractivity contribution in [1.29, 1.82) is 0 Å². The molecule has 2 heterocycles. The first-order chi connectivity index (χ1) is 16.6. The molecule has 1 aromatic heterocycles. The Morgan fingerprint density at radius 3 is 2.37 bits per heavy atom. The van der Waals surface area contributed by atoms with Gasteiger partial charge in [-0.2, -0.15) is 0 Å². The van der Waals surface area contributed by atoms with Crippen molar-refractivity contribution in [3.8, 4) is 5.75 Å². The molecule has 0 saturated carbocycles. The van der Waals surface area contributed by atoms with E-state index in [1.807, 2.05) is 26.4 Å². The molecule has 0 amide bonds. The van der Waals surface area contributed by atoms with E-state index in [-0.39, 0.29) is 6.61 Å². The number of aromatic nitrogens is 1. The summed E-state index contributed by atoms with van der Waals surface area (Å²) < 4.78 is 27.8. The molecule has 2 aromatic rings. The van der Waals surface area contributed by atoms with Gasteiger partial charge in [-0.15, -0.1) is 0 Å². The van der Waals surface area contributed by atoms with Crippen LogP contribution < -0.4 is 4.74 Å². The maximum atomic E-state index is 11.9. The number of carbonyl (C=O) groups excluding carboxylic acids is 3. The molecule has 1 aliphatic rings. The Kier molecular flexibility index (Phi) is 8.71. The van der Waals surface area contributed by atoms with E-state index in [4.69, 9.17) is 23.7 Å². The zero-order chi connectivity index (χ0) is 25.7. The van der Waals surface area contributed by atoms with Crippen LogP contribution in [0.2, 0.25) is 0 Å². The quantitative estimate of drug-likeness (QED) is 0.388. The second-order valence-corrected chi connectivity index (χ2v) is 8.65. The molecule has 35 heavy (non-hydrogen) atoms. The Hall–Kier alpha value is -3.15. The zero-order valence-corrected chi connectivity index (χ0v) is 20.5. The third kappa shape index (κ3) is 6.71. The zero-order valence-electron chi connectivity index (χ0n) is 20.5. The number of aromatic amines is 1. The number of aliphatic hydroxyl groups is 1. The van der Waals surface area contributed by atoms with Crippen molar-refractivity contribution in [2.75, 3.05) is 27.2 Å². The molecular weight excluding hydrogens is 460 g/mol. The monoisotopic (exact) mass is 492 g/mol. The average Bonchev–Trinajstić information content (AvgIpc) is 3.19. The summed E-state index contributed by atoms with van der Waals surface area (Å²) in [7, 11) is 3.96. The molecule has 11 nitrogen and oxygen atoms in total. The second-order valence-electron chi connectivity index (χ2n) is 8.65. The average molecular weight is 493 g/mol. The van der Waals surface area contributed by atoms with E-state index in [1.54, 1.807) is 12.1 Å². The number of carbonyl (C=O) groups is 3. The lowest BCUT2D eigenvalue weighted by atomic mass is 9.98. The fourth-order valence-corrected chi connectivity index (χ4v) is 3.95. The van der Waals surface area contributed by atoms with Crippen LogP contribution in [-0.2, 0) is 39.8 Å². The highest BCUT2D eigenvalue weighted by Gasteiger charge is 2.51.